The largest absolute Gasteiger partial charge is 0.449 e. The van der Waals surface area contributed by atoms with Crippen molar-refractivity contribution in [3.05, 3.63) is 37.4 Å². The van der Waals surface area contributed by atoms with E-state index in [9.17, 15) is 4.79 Å². The van der Waals surface area contributed by atoms with Gasteiger partial charge in [0.15, 0.2) is 0 Å². The second-order valence-corrected chi connectivity index (χ2v) is 2.46. The minimum Gasteiger partial charge on any atom is -0.449 e. The summed E-state index contributed by atoms with van der Waals surface area (Å²) in [5.41, 5.74) is 0.723. The molecule has 0 unspecified atom stereocenters. The molecule has 0 saturated carbocycles. The average molecular weight is 178 g/mol. The first kappa shape index (κ1) is 9.58. The van der Waals surface area contributed by atoms with Crippen LogP contribution in [0.5, 0.6) is 0 Å². The number of para-hydroxylation sites is 1. The Kier molecular flexibility index (Phi) is 3.31. The van der Waals surface area contributed by atoms with Gasteiger partial charge in [-0.3, -0.25) is 4.90 Å². The maximum absolute atomic E-state index is 11.2. The number of amides is 1. The quantitative estimate of drug-likeness (QED) is 0.696. The van der Waals surface area contributed by atoms with Gasteiger partial charge in [0.1, 0.15) is 0 Å². The van der Waals surface area contributed by atoms with Crippen molar-refractivity contribution >= 4 is 11.8 Å². The summed E-state index contributed by atoms with van der Waals surface area (Å²) in [6, 6.07) is 9.15. The van der Waals surface area contributed by atoms with Gasteiger partial charge < -0.3 is 4.74 Å². The van der Waals surface area contributed by atoms with Crippen LogP contribution in [0.1, 0.15) is 6.92 Å². The van der Waals surface area contributed by atoms with Crippen LogP contribution in [0.3, 0.4) is 0 Å². The van der Waals surface area contributed by atoms with Crippen molar-refractivity contribution in [2.45, 2.75) is 6.92 Å². The molecule has 0 aliphatic rings. The number of carbonyl (C=O) groups is 1. The van der Waals surface area contributed by atoms with Gasteiger partial charge in [-0.25, -0.2) is 4.79 Å². The lowest BCUT2D eigenvalue weighted by Gasteiger charge is -2.15. The smallest absolute Gasteiger partial charge is 0.414 e. The summed E-state index contributed by atoms with van der Waals surface area (Å²) >= 11 is 0. The van der Waals surface area contributed by atoms with Gasteiger partial charge in [-0.1, -0.05) is 18.2 Å². The normalized spacial score (nSPS) is 9.38. The van der Waals surface area contributed by atoms with E-state index < -0.39 is 6.09 Å². The first-order chi connectivity index (χ1) is 6.25. The molecule has 1 amide bonds. The topological polar surface area (TPSA) is 29.5 Å². The molecule has 0 N–H and O–H groups in total. The lowest BCUT2D eigenvalue weighted by atomic mass is 10.3. The Morgan fingerprint density at radius 2 is 2.08 bits per heavy atom. The molecule has 1 rings (SSSR count). The predicted octanol–water partition coefficient (Wildman–Crippen LogP) is 2.44. The van der Waals surface area contributed by atoms with Crippen LogP contribution < -0.4 is 4.90 Å². The highest BCUT2D eigenvalue weighted by molar-refractivity contribution is 5.87. The summed E-state index contributed by atoms with van der Waals surface area (Å²) < 4.78 is 4.78. The number of rotatable bonds is 2. The van der Waals surface area contributed by atoms with E-state index in [1.165, 1.54) is 4.90 Å². The zero-order valence-corrected chi connectivity index (χ0v) is 7.56. The molecule has 0 spiro atoms. The van der Waals surface area contributed by atoms with Gasteiger partial charge >= 0.3 is 6.09 Å². The highest BCUT2D eigenvalue weighted by atomic mass is 16.5. The Labute approximate surface area is 77.9 Å². The van der Waals surface area contributed by atoms with Gasteiger partial charge in [0.2, 0.25) is 0 Å². The van der Waals surface area contributed by atoms with E-state index in [2.05, 4.69) is 7.05 Å². The van der Waals surface area contributed by atoms with Crippen LogP contribution >= 0.6 is 0 Å². The lowest BCUT2D eigenvalue weighted by molar-refractivity contribution is 0.162. The van der Waals surface area contributed by atoms with E-state index in [1.54, 1.807) is 19.1 Å². The standard InChI is InChI=1S/C10H12NO2/c1-3-13-10(12)11(2)9-7-5-4-6-8-9/h4-8H,2-3H2,1H3. The number of nitrogens with zero attached hydrogens (tertiary/aromatic N) is 1. The molecule has 0 heterocycles. The number of anilines is 1. The van der Waals surface area contributed by atoms with Crippen LogP contribution in [0.2, 0.25) is 0 Å². The minimum absolute atomic E-state index is 0.359. The van der Waals surface area contributed by atoms with E-state index in [1.807, 2.05) is 18.2 Å². The Balaban J connectivity index is 2.68. The molecule has 13 heavy (non-hydrogen) atoms. The van der Waals surface area contributed by atoms with E-state index in [-0.39, 0.29) is 0 Å². The summed E-state index contributed by atoms with van der Waals surface area (Å²) in [6.07, 6.45) is -0.436. The zero-order chi connectivity index (χ0) is 9.68. The Morgan fingerprint density at radius 3 is 2.62 bits per heavy atom. The SMILES string of the molecule is [CH2]N(C(=O)OCC)c1ccccc1. The van der Waals surface area contributed by atoms with Gasteiger partial charge in [0.25, 0.3) is 0 Å². The summed E-state index contributed by atoms with van der Waals surface area (Å²) in [7, 11) is 3.59. The third kappa shape index (κ3) is 2.47. The Bertz CT molecular complexity index is 272. The maximum atomic E-state index is 11.2. The maximum Gasteiger partial charge on any atom is 0.414 e. The molecule has 0 saturated heterocycles. The molecule has 0 aliphatic heterocycles. The molecule has 3 heteroatoms. The molecular weight excluding hydrogens is 166 g/mol. The molecule has 1 aromatic carbocycles. The molecule has 69 valence electrons. The van der Waals surface area contributed by atoms with Crippen LogP contribution in [-0.2, 0) is 4.74 Å². The van der Waals surface area contributed by atoms with Crippen LogP contribution in [0.25, 0.3) is 0 Å². The molecule has 3 nitrogen and oxygen atoms in total. The number of carbonyl (C=O) groups excluding carboxylic acids is 1. The molecule has 0 aliphatic carbocycles. The fourth-order valence-electron chi connectivity index (χ4n) is 0.915. The number of hydrogen-bond donors (Lipinski definition) is 0. The molecule has 1 aromatic rings. The first-order valence-electron chi connectivity index (χ1n) is 4.08. The molecule has 0 aromatic heterocycles. The molecular formula is C10H12NO2. The van der Waals surface area contributed by atoms with Crippen molar-refractivity contribution < 1.29 is 9.53 Å². The summed E-state index contributed by atoms with van der Waals surface area (Å²) in [5.74, 6) is 0. The van der Waals surface area contributed by atoms with E-state index >= 15 is 0 Å². The minimum atomic E-state index is -0.436. The summed E-state index contributed by atoms with van der Waals surface area (Å²) in [5, 5.41) is 0. The number of ether oxygens (including phenoxy) is 1. The van der Waals surface area contributed by atoms with Gasteiger partial charge in [-0.15, -0.1) is 0 Å². The van der Waals surface area contributed by atoms with Gasteiger partial charge in [-0.2, -0.15) is 0 Å². The molecule has 0 fully saturated rings. The fraction of sp³-hybridized carbons (Fsp3) is 0.200. The summed E-state index contributed by atoms with van der Waals surface area (Å²) in [4.78, 5) is 12.4. The predicted molar refractivity (Wildman–Crippen MR) is 51.3 cm³/mol. The Morgan fingerprint density at radius 1 is 1.46 bits per heavy atom. The van der Waals surface area contributed by atoms with Crippen molar-refractivity contribution in [2.24, 2.45) is 0 Å². The fourth-order valence-corrected chi connectivity index (χ4v) is 0.915. The van der Waals surface area contributed by atoms with Crippen molar-refractivity contribution in [1.82, 2.24) is 0 Å². The third-order valence-electron chi connectivity index (χ3n) is 1.56. The van der Waals surface area contributed by atoms with E-state index in [0.717, 1.165) is 5.69 Å². The van der Waals surface area contributed by atoms with Gasteiger partial charge in [0.05, 0.1) is 6.61 Å². The van der Waals surface area contributed by atoms with Gasteiger partial charge in [-0.05, 0) is 19.1 Å². The van der Waals surface area contributed by atoms with Crippen LogP contribution in [0.4, 0.5) is 10.5 Å². The van der Waals surface area contributed by atoms with Crippen LogP contribution in [-0.4, -0.2) is 12.7 Å². The zero-order valence-electron chi connectivity index (χ0n) is 7.56. The van der Waals surface area contributed by atoms with Crippen molar-refractivity contribution in [3.63, 3.8) is 0 Å². The van der Waals surface area contributed by atoms with Crippen LogP contribution in [0.15, 0.2) is 30.3 Å². The highest BCUT2D eigenvalue weighted by Crippen LogP contribution is 2.12. The summed E-state index contributed by atoms with van der Waals surface area (Å²) in [6.45, 7) is 2.12. The van der Waals surface area contributed by atoms with Gasteiger partial charge in [0, 0.05) is 12.7 Å². The molecule has 1 radical (unpaired) electrons. The van der Waals surface area contributed by atoms with Crippen molar-refractivity contribution in [1.29, 1.82) is 0 Å². The highest BCUT2D eigenvalue weighted by Gasteiger charge is 2.10. The lowest BCUT2D eigenvalue weighted by Crippen LogP contribution is -2.24. The average Bonchev–Trinajstić information content (AvgIpc) is 2.18. The second-order valence-electron chi connectivity index (χ2n) is 2.46. The van der Waals surface area contributed by atoms with Crippen LogP contribution in [0, 0.1) is 7.05 Å². The van der Waals surface area contributed by atoms with Crippen molar-refractivity contribution in [2.75, 3.05) is 11.5 Å². The number of benzene rings is 1. The van der Waals surface area contributed by atoms with E-state index in [0.29, 0.717) is 6.61 Å². The molecule has 0 bridgehead atoms. The number of hydrogen-bond acceptors (Lipinski definition) is 2. The first-order valence-corrected chi connectivity index (χ1v) is 4.08. The molecule has 0 atom stereocenters. The monoisotopic (exact) mass is 178 g/mol. The Hall–Kier alpha value is -1.51. The van der Waals surface area contributed by atoms with Crippen molar-refractivity contribution in [3.8, 4) is 0 Å². The third-order valence-corrected chi connectivity index (χ3v) is 1.56. The van der Waals surface area contributed by atoms with E-state index in [4.69, 9.17) is 4.74 Å². The second kappa shape index (κ2) is 4.50.